The van der Waals surface area contributed by atoms with Crippen molar-refractivity contribution in [3.05, 3.63) is 52.6 Å². The van der Waals surface area contributed by atoms with Crippen molar-refractivity contribution in [2.45, 2.75) is 26.4 Å². The Kier molecular flexibility index (Phi) is 5.11. The molecule has 1 aromatic carbocycles. The normalized spacial score (nSPS) is 11.2. The first-order chi connectivity index (χ1) is 10.0. The lowest BCUT2D eigenvalue weighted by Gasteiger charge is -1.97. The summed E-state index contributed by atoms with van der Waals surface area (Å²) in [6, 6.07) is 7.15. The number of ether oxygens (including phenoxy) is 1. The van der Waals surface area contributed by atoms with Crippen LogP contribution in [0.4, 0.5) is 0 Å². The van der Waals surface area contributed by atoms with Gasteiger partial charge in [0, 0.05) is 17.0 Å². The van der Waals surface area contributed by atoms with E-state index in [1.54, 1.807) is 24.3 Å². The highest BCUT2D eigenvalue weighted by atomic mass is 35.5. The molecule has 0 aliphatic rings. The van der Waals surface area contributed by atoms with Crippen LogP contribution >= 0.6 is 11.6 Å². The second-order valence-electron chi connectivity index (χ2n) is 4.70. The van der Waals surface area contributed by atoms with Gasteiger partial charge in [0.25, 0.3) is 5.89 Å². The van der Waals surface area contributed by atoms with Crippen LogP contribution < -0.4 is 0 Å². The van der Waals surface area contributed by atoms with Gasteiger partial charge in [0.15, 0.2) is 12.4 Å². The molecule has 0 unspecified atom stereocenters. The molecule has 0 saturated carbocycles. The zero-order valence-electron chi connectivity index (χ0n) is 11.7. The molecule has 21 heavy (non-hydrogen) atoms. The Balaban J connectivity index is 1.87. The topological polar surface area (TPSA) is 65.2 Å². The van der Waals surface area contributed by atoms with E-state index >= 15 is 0 Å². The van der Waals surface area contributed by atoms with E-state index in [0.29, 0.717) is 10.8 Å². The summed E-state index contributed by atoms with van der Waals surface area (Å²) in [4.78, 5) is 15.7. The van der Waals surface area contributed by atoms with Crippen molar-refractivity contribution in [2.24, 2.45) is 0 Å². The minimum absolute atomic E-state index is 0.0432. The standard InChI is InChI=1S/C15H15ClN2O3/c1-10(2)15-17-13(21-18-15)9-20-14(19)7-6-11-4-3-5-12(16)8-11/h3-8,10H,9H2,1-2H3/b7-6-. The Morgan fingerprint density at radius 2 is 2.29 bits per heavy atom. The number of carbonyl (C=O) groups excluding carboxylic acids is 1. The summed E-state index contributed by atoms with van der Waals surface area (Å²) in [7, 11) is 0. The van der Waals surface area contributed by atoms with E-state index in [1.165, 1.54) is 6.08 Å². The van der Waals surface area contributed by atoms with Crippen LogP contribution in [-0.4, -0.2) is 16.1 Å². The van der Waals surface area contributed by atoms with E-state index in [-0.39, 0.29) is 18.4 Å². The van der Waals surface area contributed by atoms with Gasteiger partial charge in [0.2, 0.25) is 0 Å². The molecule has 0 amide bonds. The van der Waals surface area contributed by atoms with Gasteiger partial charge in [0.05, 0.1) is 0 Å². The summed E-state index contributed by atoms with van der Waals surface area (Å²) in [6.07, 6.45) is 2.95. The molecule has 0 aliphatic carbocycles. The Bertz CT molecular complexity index is 650. The van der Waals surface area contributed by atoms with Crippen molar-refractivity contribution in [3.8, 4) is 0 Å². The number of hydrogen-bond acceptors (Lipinski definition) is 5. The second kappa shape index (κ2) is 7.04. The second-order valence-corrected chi connectivity index (χ2v) is 5.13. The largest absolute Gasteiger partial charge is 0.452 e. The average molecular weight is 307 g/mol. The molecule has 0 aliphatic heterocycles. The molecule has 6 heteroatoms. The molecule has 2 aromatic rings. The van der Waals surface area contributed by atoms with Gasteiger partial charge in [-0.2, -0.15) is 4.98 Å². The number of aromatic nitrogens is 2. The summed E-state index contributed by atoms with van der Waals surface area (Å²) < 4.78 is 9.99. The van der Waals surface area contributed by atoms with Crippen LogP contribution in [-0.2, 0) is 16.1 Å². The van der Waals surface area contributed by atoms with E-state index in [4.69, 9.17) is 20.9 Å². The average Bonchev–Trinajstić information content (AvgIpc) is 2.92. The van der Waals surface area contributed by atoms with E-state index in [0.717, 1.165) is 5.56 Å². The maximum Gasteiger partial charge on any atom is 0.331 e. The Labute approximate surface area is 127 Å². The lowest BCUT2D eigenvalue weighted by atomic mass is 10.2. The third kappa shape index (κ3) is 4.72. The third-order valence-electron chi connectivity index (χ3n) is 2.60. The van der Waals surface area contributed by atoms with Gasteiger partial charge >= 0.3 is 5.97 Å². The monoisotopic (exact) mass is 306 g/mol. The summed E-state index contributed by atoms with van der Waals surface area (Å²) in [5, 5.41) is 4.40. The first-order valence-electron chi connectivity index (χ1n) is 6.47. The highest BCUT2D eigenvalue weighted by molar-refractivity contribution is 6.30. The van der Waals surface area contributed by atoms with Crippen LogP contribution in [0.1, 0.15) is 37.0 Å². The van der Waals surface area contributed by atoms with Crippen LogP contribution in [0.15, 0.2) is 34.9 Å². The molecule has 110 valence electrons. The Hall–Kier alpha value is -2.14. The number of hydrogen-bond donors (Lipinski definition) is 0. The van der Waals surface area contributed by atoms with Gasteiger partial charge in [-0.15, -0.1) is 0 Å². The maximum atomic E-state index is 11.6. The van der Waals surface area contributed by atoms with E-state index in [9.17, 15) is 4.79 Å². The molecule has 0 atom stereocenters. The van der Waals surface area contributed by atoms with Crippen molar-refractivity contribution in [1.29, 1.82) is 0 Å². The van der Waals surface area contributed by atoms with Gasteiger partial charge in [-0.3, -0.25) is 0 Å². The fourth-order valence-corrected chi connectivity index (χ4v) is 1.72. The first kappa shape index (κ1) is 15.3. The molecular formula is C15H15ClN2O3. The van der Waals surface area contributed by atoms with Crippen molar-refractivity contribution in [1.82, 2.24) is 10.1 Å². The molecule has 0 spiro atoms. The van der Waals surface area contributed by atoms with Crippen molar-refractivity contribution >= 4 is 23.6 Å². The maximum absolute atomic E-state index is 11.6. The van der Waals surface area contributed by atoms with Crippen molar-refractivity contribution in [2.75, 3.05) is 0 Å². The molecule has 0 N–H and O–H groups in total. The number of halogens is 1. The number of esters is 1. The number of benzene rings is 1. The van der Waals surface area contributed by atoms with Crippen LogP contribution in [0.5, 0.6) is 0 Å². The fourth-order valence-electron chi connectivity index (χ4n) is 1.52. The van der Waals surface area contributed by atoms with E-state index in [2.05, 4.69) is 10.1 Å². The highest BCUT2D eigenvalue weighted by Crippen LogP contribution is 2.12. The van der Waals surface area contributed by atoms with Gasteiger partial charge in [-0.05, 0) is 23.8 Å². The predicted octanol–water partition coefficient (Wildman–Crippen LogP) is 3.60. The SMILES string of the molecule is CC(C)c1noc(COC(=O)/C=C\c2cccc(Cl)c2)n1. The zero-order chi connectivity index (χ0) is 15.2. The molecule has 0 saturated heterocycles. The molecule has 0 fully saturated rings. The molecule has 0 bridgehead atoms. The highest BCUT2D eigenvalue weighted by Gasteiger charge is 2.10. The van der Waals surface area contributed by atoms with Gasteiger partial charge in [0.1, 0.15) is 0 Å². The molecule has 1 heterocycles. The minimum atomic E-state index is -0.487. The Morgan fingerprint density at radius 3 is 2.95 bits per heavy atom. The third-order valence-corrected chi connectivity index (χ3v) is 2.83. The quantitative estimate of drug-likeness (QED) is 0.623. The summed E-state index contributed by atoms with van der Waals surface area (Å²) in [6.45, 7) is 3.86. The summed E-state index contributed by atoms with van der Waals surface area (Å²) >= 11 is 5.85. The molecule has 1 aromatic heterocycles. The molecule has 2 rings (SSSR count). The fraction of sp³-hybridized carbons (Fsp3) is 0.267. The lowest BCUT2D eigenvalue weighted by Crippen LogP contribution is -2.01. The van der Waals surface area contributed by atoms with Gasteiger partial charge < -0.3 is 9.26 Å². The van der Waals surface area contributed by atoms with Gasteiger partial charge in [-0.1, -0.05) is 42.7 Å². The van der Waals surface area contributed by atoms with Crippen molar-refractivity contribution in [3.63, 3.8) is 0 Å². The smallest absolute Gasteiger partial charge is 0.331 e. The number of nitrogens with zero attached hydrogens (tertiary/aromatic N) is 2. The molecular weight excluding hydrogens is 292 g/mol. The molecule has 5 nitrogen and oxygen atoms in total. The zero-order valence-corrected chi connectivity index (χ0v) is 12.5. The number of rotatable bonds is 5. The lowest BCUT2D eigenvalue weighted by molar-refractivity contribution is -0.139. The van der Waals surface area contributed by atoms with Crippen LogP contribution in [0, 0.1) is 0 Å². The van der Waals surface area contributed by atoms with Crippen LogP contribution in [0.2, 0.25) is 5.02 Å². The number of carbonyl (C=O) groups is 1. The first-order valence-corrected chi connectivity index (χ1v) is 6.85. The summed E-state index contributed by atoms with van der Waals surface area (Å²) in [5.74, 6) is 0.555. The minimum Gasteiger partial charge on any atom is -0.452 e. The molecule has 0 radical (unpaired) electrons. The van der Waals surface area contributed by atoms with Crippen molar-refractivity contribution < 1.29 is 14.1 Å². The predicted molar refractivity (Wildman–Crippen MR) is 78.7 cm³/mol. The van der Waals surface area contributed by atoms with Crippen LogP contribution in [0.25, 0.3) is 6.08 Å². The van der Waals surface area contributed by atoms with E-state index < -0.39 is 5.97 Å². The van der Waals surface area contributed by atoms with Gasteiger partial charge in [-0.25, -0.2) is 4.79 Å². The van der Waals surface area contributed by atoms with Crippen LogP contribution in [0.3, 0.4) is 0 Å². The summed E-state index contributed by atoms with van der Waals surface area (Å²) in [5.41, 5.74) is 0.819. The van der Waals surface area contributed by atoms with E-state index in [1.807, 2.05) is 19.9 Å². The Morgan fingerprint density at radius 1 is 1.48 bits per heavy atom.